The van der Waals surface area contributed by atoms with Crippen LogP contribution in [0.25, 0.3) is 10.9 Å². The average molecular weight is 509 g/mol. The van der Waals surface area contributed by atoms with Crippen molar-refractivity contribution in [2.45, 2.75) is 51.5 Å². The number of pyridine rings is 1. The summed E-state index contributed by atoms with van der Waals surface area (Å²) in [5, 5.41) is 7.72. The number of hydrogen-bond acceptors (Lipinski definition) is 5. The van der Waals surface area contributed by atoms with Gasteiger partial charge in [0.25, 0.3) is 0 Å². The van der Waals surface area contributed by atoms with E-state index in [0.29, 0.717) is 44.3 Å². The Hall–Kier alpha value is -3.59. The van der Waals surface area contributed by atoms with E-state index in [1.54, 1.807) is 66.6 Å². The largest absolute Gasteiger partial charge is 0.456 e. The Morgan fingerprint density at radius 1 is 1.17 bits per heavy atom. The second-order valence-corrected chi connectivity index (χ2v) is 11.2. The number of anilines is 1. The molecule has 0 aliphatic heterocycles. The van der Waals surface area contributed by atoms with Crippen molar-refractivity contribution in [3.05, 3.63) is 71.9 Å². The molecule has 1 unspecified atom stereocenters. The molecule has 1 atom stereocenters. The second-order valence-electron chi connectivity index (χ2n) is 9.46. The van der Waals surface area contributed by atoms with Gasteiger partial charge in [-0.3, -0.25) is 18.7 Å². The van der Waals surface area contributed by atoms with Crippen molar-refractivity contribution in [3.8, 4) is 11.5 Å². The van der Waals surface area contributed by atoms with E-state index in [2.05, 4.69) is 15.4 Å². The number of carbonyl (C=O) groups is 1. The summed E-state index contributed by atoms with van der Waals surface area (Å²) >= 11 is 0. The summed E-state index contributed by atoms with van der Waals surface area (Å²) in [6.45, 7) is 9.49. The van der Waals surface area contributed by atoms with Crippen LogP contribution in [-0.4, -0.2) is 30.6 Å². The van der Waals surface area contributed by atoms with Gasteiger partial charge < -0.3 is 10.1 Å². The molecule has 0 spiro atoms. The Morgan fingerprint density at radius 2 is 1.94 bits per heavy atom. The first kappa shape index (κ1) is 25.5. The van der Waals surface area contributed by atoms with Crippen LogP contribution in [0, 0.1) is 12.7 Å². The van der Waals surface area contributed by atoms with Crippen LogP contribution in [0.4, 0.5) is 10.1 Å². The zero-order valence-electron chi connectivity index (χ0n) is 21.0. The van der Waals surface area contributed by atoms with Gasteiger partial charge in [0.1, 0.15) is 17.3 Å². The summed E-state index contributed by atoms with van der Waals surface area (Å²) in [5.41, 5.74) is 1.59. The molecule has 4 rings (SSSR count). The molecular weight excluding hydrogens is 479 g/mol. The first-order valence-electron chi connectivity index (χ1n) is 11.6. The van der Waals surface area contributed by atoms with Gasteiger partial charge in [0.2, 0.25) is 5.91 Å². The number of hydrogen-bond donors (Lipinski definition) is 1. The van der Waals surface area contributed by atoms with E-state index in [-0.39, 0.29) is 23.4 Å². The van der Waals surface area contributed by atoms with Crippen molar-refractivity contribution in [2.24, 2.45) is 0 Å². The fourth-order valence-electron chi connectivity index (χ4n) is 3.72. The molecule has 2 aromatic heterocycles. The van der Waals surface area contributed by atoms with Crippen molar-refractivity contribution >= 4 is 33.3 Å². The number of halogens is 1. The zero-order valence-corrected chi connectivity index (χ0v) is 21.8. The number of carbonyl (C=O) groups excluding carboxylic acids is 1. The minimum absolute atomic E-state index is 0.127. The predicted octanol–water partition coefficient (Wildman–Crippen LogP) is 5.73. The summed E-state index contributed by atoms with van der Waals surface area (Å²) in [6.07, 6.45) is 4.80. The van der Waals surface area contributed by atoms with Crippen molar-refractivity contribution in [1.29, 1.82) is 0 Å². The first-order valence-corrected chi connectivity index (χ1v) is 13.0. The van der Waals surface area contributed by atoms with Crippen molar-refractivity contribution < 1.29 is 18.1 Å². The molecule has 0 fully saturated rings. The Labute approximate surface area is 212 Å². The number of ether oxygens (including phenoxy) is 1. The highest BCUT2D eigenvalue weighted by Gasteiger charge is 2.18. The van der Waals surface area contributed by atoms with Gasteiger partial charge in [-0.15, -0.1) is 0 Å². The summed E-state index contributed by atoms with van der Waals surface area (Å²) in [7, 11) is -1.12. The highest BCUT2D eigenvalue weighted by atomic mass is 32.2. The van der Waals surface area contributed by atoms with Crippen molar-refractivity contribution in [3.63, 3.8) is 0 Å². The Morgan fingerprint density at radius 3 is 2.64 bits per heavy atom. The number of nitrogens with zero attached hydrogens (tertiary/aromatic N) is 3. The summed E-state index contributed by atoms with van der Waals surface area (Å²) in [6, 6.07) is 10.3. The molecule has 4 aromatic rings. The average Bonchev–Trinajstić information content (AvgIpc) is 3.32. The Bertz CT molecular complexity index is 1460. The number of fused-ring (bicyclic) bond motifs is 1. The van der Waals surface area contributed by atoms with Gasteiger partial charge in [0, 0.05) is 34.0 Å². The molecule has 2 heterocycles. The van der Waals surface area contributed by atoms with Crippen molar-refractivity contribution in [1.82, 2.24) is 14.8 Å². The van der Waals surface area contributed by atoms with Crippen LogP contribution in [0.3, 0.4) is 0 Å². The molecule has 0 saturated heterocycles. The minimum atomic E-state index is -1.12. The zero-order chi connectivity index (χ0) is 26.0. The fourth-order valence-corrected chi connectivity index (χ4v) is 4.52. The van der Waals surface area contributed by atoms with Crippen LogP contribution in [0.2, 0.25) is 0 Å². The van der Waals surface area contributed by atoms with Gasteiger partial charge >= 0.3 is 0 Å². The smallest absolute Gasteiger partial charge is 0.228 e. The van der Waals surface area contributed by atoms with E-state index in [1.165, 1.54) is 0 Å². The van der Waals surface area contributed by atoms with E-state index in [4.69, 9.17) is 4.74 Å². The Kier molecular flexibility index (Phi) is 7.21. The monoisotopic (exact) mass is 508 g/mol. The van der Waals surface area contributed by atoms with Crippen LogP contribution in [0.15, 0.2) is 59.9 Å². The third kappa shape index (κ3) is 5.46. The molecule has 9 heteroatoms. The lowest BCUT2D eigenvalue weighted by atomic mass is 10.1. The van der Waals surface area contributed by atoms with E-state index < -0.39 is 16.6 Å². The summed E-state index contributed by atoms with van der Waals surface area (Å²) in [4.78, 5) is 17.6. The maximum atomic E-state index is 15.2. The van der Waals surface area contributed by atoms with Gasteiger partial charge in [-0.05, 0) is 63.6 Å². The molecule has 2 aromatic carbocycles. The summed E-state index contributed by atoms with van der Waals surface area (Å²) < 4.78 is 35.3. The summed E-state index contributed by atoms with van der Waals surface area (Å²) in [5.74, 6) is 0.475. The Balaban J connectivity index is 1.53. The molecule has 0 saturated carbocycles. The third-order valence-electron chi connectivity index (χ3n) is 5.74. The molecule has 7 nitrogen and oxygen atoms in total. The number of nitrogens with one attached hydrogen (secondary N) is 1. The van der Waals surface area contributed by atoms with Gasteiger partial charge in [-0.25, -0.2) is 4.39 Å². The van der Waals surface area contributed by atoms with E-state index in [0.717, 1.165) is 0 Å². The van der Waals surface area contributed by atoms with Crippen LogP contribution >= 0.6 is 0 Å². The standard InChI is InChI=1S/C27H29FN4O3S/c1-6-36(34)20-8-9-22-21(14-20)24(11-12-29-22)35-23-10-7-18(26(28)17(23)2)13-25(33)31-19-15-30-32(16-19)27(3,4)5/h7-12,14-16H,6,13H2,1-5H3,(H,31,33). The number of aromatic nitrogens is 3. The van der Waals surface area contributed by atoms with E-state index >= 15 is 4.39 Å². The first-order chi connectivity index (χ1) is 17.1. The highest BCUT2D eigenvalue weighted by Crippen LogP contribution is 2.33. The topological polar surface area (TPSA) is 86.1 Å². The lowest BCUT2D eigenvalue weighted by Gasteiger charge is -2.18. The predicted molar refractivity (Wildman–Crippen MR) is 139 cm³/mol. The van der Waals surface area contributed by atoms with Crippen LogP contribution in [0.5, 0.6) is 11.5 Å². The molecule has 0 aliphatic carbocycles. The molecule has 1 amide bonds. The molecule has 0 radical (unpaired) electrons. The number of amides is 1. The quantitative estimate of drug-likeness (QED) is 0.344. The lowest BCUT2D eigenvalue weighted by molar-refractivity contribution is -0.115. The minimum Gasteiger partial charge on any atom is -0.456 e. The van der Waals surface area contributed by atoms with Crippen molar-refractivity contribution in [2.75, 3.05) is 11.1 Å². The van der Waals surface area contributed by atoms with Crippen LogP contribution < -0.4 is 10.1 Å². The normalized spacial score (nSPS) is 12.5. The van der Waals surface area contributed by atoms with Crippen LogP contribution in [-0.2, 0) is 27.6 Å². The molecular formula is C27H29FN4O3S. The third-order valence-corrected chi connectivity index (χ3v) is 7.04. The van der Waals surface area contributed by atoms with Crippen LogP contribution in [0.1, 0.15) is 38.8 Å². The van der Waals surface area contributed by atoms with E-state index in [9.17, 15) is 9.00 Å². The molecule has 0 bridgehead atoms. The lowest BCUT2D eigenvalue weighted by Crippen LogP contribution is -2.22. The van der Waals surface area contributed by atoms with Gasteiger partial charge in [-0.1, -0.05) is 13.0 Å². The fraction of sp³-hybridized carbons (Fsp3) is 0.296. The molecule has 188 valence electrons. The SMILES string of the molecule is CCS(=O)c1ccc2nccc(Oc3ccc(CC(=O)Nc4cnn(C(C)(C)C)c4)c(F)c3C)c2c1. The number of rotatable bonds is 7. The van der Waals surface area contributed by atoms with E-state index in [1.807, 2.05) is 27.7 Å². The molecule has 0 aliphatic rings. The van der Waals surface area contributed by atoms with Gasteiger partial charge in [-0.2, -0.15) is 5.10 Å². The van der Waals surface area contributed by atoms with Gasteiger partial charge in [0.15, 0.2) is 0 Å². The second kappa shape index (κ2) is 10.2. The highest BCUT2D eigenvalue weighted by molar-refractivity contribution is 7.85. The molecule has 1 N–H and O–H groups in total. The number of benzene rings is 2. The molecule has 36 heavy (non-hydrogen) atoms. The maximum absolute atomic E-state index is 15.2. The van der Waals surface area contributed by atoms with Gasteiger partial charge in [0.05, 0.1) is 40.2 Å². The maximum Gasteiger partial charge on any atom is 0.228 e.